The predicted molar refractivity (Wildman–Crippen MR) is 100 cm³/mol. The number of fused-ring (bicyclic) bond motifs is 1. The van der Waals surface area contributed by atoms with Crippen molar-refractivity contribution in [2.45, 2.75) is 38.6 Å². The summed E-state index contributed by atoms with van der Waals surface area (Å²) in [6.07, 6.45) is 4.96. The molecule has 1 aromatic heterocycles. The molecule has 8 heteroatoms. The summed E-state index contributed by atoms with van der Waals surface area (Å²) >= 11 is 1.27. The molecule has 1 aliphatic carbocycles. The standard InChI is InChI=1S/C19H22N2O5S/c1-25-16(22)11-21-14-9-8-13(18(24)26-2)10-15(14)27-19(21)20-17(23)12-6-4-3-5-7-12/h8-10,12H,3-7,11H2,1-2H3. The number of carbonyl (C=O) groups is 3. The molecule has 0 aliphatic heterocycles. The minimum atomic E-state index is -0.443. The highest BCUT2D eigenvalue weighted by molar-refractivity contribution is 7.16. The minimum absolute atomic E-state index is 0.0507. The predicted octanol–water partition coefficient (Wildman–Crippen LogP) is 2.67. The molecule has 0 radical (unpaired) electrons. The fourth-order valence-corrected chi connectivity index (χ4v) is 4.36. The van der Waals surface area contributed by atoms with Crippen molar-refractivity contribution in [3.05, 3.63) is 28.6 Å². The van der Waals surface area contributed by atoms with Crippen LogP contribution in [-0.2, 0) is 25.6 Å². The lowest BCUT2D eigenvalue weighted by Gasteiger charge is -2.17. The van der Waals surface area contributed by atoms with Crippen LogP contribution in [0, 0.1) is 5.92 Å². The summed E-state index contributed by atoms with van der Waals surface area (Å²) in [5.41, 5.74) is 1.12. The summed E-state index contributed by atoms with van der Waals surface area (Å²) in [4.78, 5) is 41.0. The van der Waals surface area contributed by atoms with E-state index in [4.69, 9.17) is 9.47 Å². The Hall–Kier alpha value is -2.48. The van der Waals surface area contributed by atoms with E-state index in [0.717, 1.165) is 36.8 Å². The van der Waals surface area contributed by atoms with Crippen LogP contribution in [0.25, 0.3) is 10.2 Å². The number of esters is 2. The first-order valence-electron chi connectivity index (χ1n) is 8.90. The third kappa shape index (κ3) is 4.27. The Bertz CT molecular complexity index is 937. The largest absolute Gasteiger partial charge is 0.468 e. The Morgan fingerprint density at radius 3 is 2.56 bits per heavy atom. The van der Waals surface area contributed by atoms with Crippen molar-refractivity contribution < 1.29 is 23.9 Å². The fraction of sp³-hybridized carbons (Fsp3) is 0.474. The van der Waals surface area contributed by atoms with E-state index >= 15 is 0 Å². The number of hydrogen-bond donors (Lipinski definition) is 0. The van der Waals surface area contributed by atoms with Crippen molar-refractivity contribution in [1.82, 2.24) is 4.57 Å². The summed E-state index contributed by atoms with van der Waals surface area (Å²) in [7, 11) is 2.64. The average molecular weight is 390 g/mol. The number of carbonyl (C=O) groups excluding carboxylic acids is 3. The van der Waals surface area contributed by atoms with Crippen LogP contribution < -0.4 is 4.80 Å². The third-order valence-electron chi connectivity index (χ3n) is 4.78. The lowest BCUT2D eigenvalue weighted by molar-refractivity contribution is -0.141. The highest BCUT2D eigenvalue weighted by Crippen LogP contribution is 2.25. The Morgan fingerprint density at radius 2 is 1.89 bits per heavy atom. The molecule has 0 N–H and O–H groups in total. The average Bonchev–Trinajstić information content (AvgIpc) is 3.03. The van der Waals surface area contributed by atoms with Crippen molar-refractivity contribution in [2.24, 2.45) is 10.9 Å². The maximum atomic E-state index is 12.6. The molecule has 0 spiro atoms. The Balaban J connectivity index is 2.06. The molecule has 3 rings (SSSR count). The van der Waals surface area contributed by atoms with Gasteiger partial charge in [0.05, 0.1) is 30.0 Å². The number of benzene rings is 1. The van der Waals surface area contributed by atoms with Crippen LogP contribution in [0.1, 0.15) is 42.5 Å². The molecular formula is C19H22N2O5S. The second kappa shape index (κ2) is 8.47. The molecule has 0 saturated heterocycles. The van der Waals surface area contributed by atoms with E-state index in [0.29, 0.717) is 15.9 Å². The van der Waals surface area contributed by atoms with Gasteiger partial charge in [-0.3, -0.25) is 9.59 Å². The fourth-order valence-electron chi connectivity index (χ4n) is 3.28. The van der Waals surface area contributed by atoms with Crippen LogP contribution in [0.4, 0.5) is 0 Å². The maximum Gasteiger partial charge on any atom is 0.337 e. The smallest absolute Gasteiger partial charge is 0.337 e. The molecule has 144 valence electrons. The monoisotopic (exact) mass is 390 g/mol. The zero-order valence-electron chi connectivity index (χ0n) is 15.4. The van der Waals surface area contributed by atoms with Crippen LogP contribution >= 0.6 is 11.3 Å². The highest BCUT2D eigenvalue weighted by atomic mass is 32.1. The first-order valence-corrected chi connectivity index (χ1v) is 9.72. The van der Waals surface area contributed by atoms with E-state index < -0.39 is 11.9 Å². The van der Waals surface area contributed by atoms with Crippen molar-refractivity contribution in [1.29, 1.82) is 0 Å². The van der Waals surface area contributed by atoms with Gasteiger partial charge in [-0.05, 0) is 31.0 Å². The van der Waals surface area contributed by atoms with Crippen molar-refractivity contribution in [3.8, 4) is 0 Å². The first kappa shape index (κ1) is 19.3. The number of rotatable bonds is 4. The molecule has 0 atom stereocenters. The number of thiazole rings is 1. The van der Waals surface area contributed by atoms with E-state index in [2.05, 4.69) is 4.99 Å². The molecule has 1 aromatic carbocycles. The summed E-state index contributed by atoms with van der Waals surface area (Å²) in [5, 5.41) is 0. The SMILES string of the molecule is COC(=O)Cn1c(=NC(=O)C2CCCCC2)sc2cc(C(=O)OC)ccc21. The highest BCUT2D eigenvalue weighted by Gasteiger charge is 2.21. The van der Waals surface area contributed by atoms with E-state index in [1.165, 1.54) is 25.6 Å². The van der Waals surface area contributed by atoms with Gasteiger partial charge in [0.25, 0.3) is 5.91 Å². The normalized spacial score (nSPS) is 15.7. The molecule has 1 fully saturated rings. The van der Waals surface area contributed by atoms with Crippen LogP contribution in [0.5, 0.6) is 0 Å². The van der Waals surface area contributed by atoms with Gasteiger partial charge in [-0.15, -0.1) is 0 Å². The number of nitrogens with zero attached hydrogens (tertiary/aromatic N) is 2. The molecule has 1 aliphatic rings. The second-order valence-electron chi connectivity index (χ2n) is 6.51. The number of ether oxygens (including phenoxy) is 2. The van der Waals surface area contributed by atoms with E-state index in [1.54, 1.807) is 22.8 Å². The second-order valence-corrected chi connectivity index (χ2v) is 7.52. The van der Waals surface area contributed by atoms with Gasteiger partial charge < -0.3 is 14.0 Å². The zero-order chi connectivity index (χ0) is 19.4. The molecule has 1 saturated carbocycles. The Labute approximate surface area is 160 Å². The molecule has 7 nitrogen and oxygen atoms in total. The van der Waals surface area contributed by atoms with Gasteiger partial charge in [0, 0.05) is 5.92 Å². The van der Waals surface area contributed by atoms with Gasteiger partial charge in [0.1, 0.15) is 6.54 Å². The van der Waals surface area contributed by atoms with Crippen LogP contribution in [0.2, 0.25) is 0 Å². The van der Waals surface area contributed by atoms with Crippen molar-refractivity contribution in [3.63, 3.8) is 0 Å². The van der Waals surface area contributed by atoms with Crippen LogP contribution in [0.15, 0.2) is 23.2 Å². The Kier molecular flexibility index (Phi) is 6.05. The van der Waals surface area contributed by atoms with E-state index in [-0.39, 0.29) is 18.4 Å². The van der Waals surface area contributed by atoms with Gasteiger partial charge in [0.2, 0.25) is 0 Å². The summed E-state index contributed by atoms with van der Waals surface area (Å²) < 4.78 is 11.9. The topological polar surface area (TPSA) is 87.0 Å². The lowest BCUT2D eigenvalue weighted by atomic mass is 9.89. The van der Waals surface area contributed by atoms with Crippen molar-refractivity contribution >= 4 is 39.4 Å². The van der Waals surface area contributed by atoms with Gasteiger partial charge in [-0.25, -0.2) is 4.79 Å². The molecule has 1 amide bonds. The molecule has 0 unspecified atom stereocenters. The van der Waals surface area contributed by atoms with E-state index in [1.807, 2.05) is 0 Å². The molecule has 0 bridgehead atoms. The quantitative estimate of drug-likeness (QED) is 0.749. The van der Waals surface area contributed by atoms with Gasteiger partial charge >= 0.3 is 11.9 Å². The maximum absolute atomic E-state index is 12.6. The number of aromatic nitrogens is 1. The van der Waals surface area contributed by atoms with Gasteiger partial charge in [-0.2, -0.15) is 4.99 Å². The molecule has 1 heterocycles. The minimum Gasteiger partial charge on any atom is -0.468 e. The lowest BCUT2D eigenvalue weighted by Crippen LogP contribution is -2.24. The third-order valence-corrected chi connectivity index (χ3v) is 5.82. The first-order chi connectivity index (χ1) is 13.0. The summed E-state index contributed by atoms with van der Waals surface area (Å²) in [6.45, 7) is -0.0507. The summed E-state index contributed by atoms with van der Waals surface area (Å²) in [5.74, 6) is -1.07. The van der Waals surface area contributed by atoms with Crippen LogP contribution in [-0.4, -0.2) is 36.6 Å². The van der Waals surface area contributed by atoms with E-state index in [9.17, 15) is 14.4 Å². The molecule has 27 heavy (non-hydrogen) atoms. The molecular weight excluding hydrogens is 368 g/mol. The Morgan fingerprint density at radius 1 is 1.15 bits per heavy atom. The number of hydrogen-bond acceptors (Lipinski definition) is 6. The van der Waals surface area contributed by atoms with Crippen LogP contribution in [0.3, 0.4) is 0 Å². The molecule has 2 aromatic rings. The summed E-state index contributed by atoms with van der Waals surface area (Å²) in [6, 6.07) is 5.04. The van der Waals surface area contributed by atoms with Gasteiger partial charge in [0.15, 0.2) is 4.80 Å². The number of amides is 1. The zero-order valence-corrected chi connectivity index (χ0v) is 16.2. The van der Waals surface area contributed by atoms with Crippen molar-refractivity contribution in [2.75, 3.05) is 14.2 Å². The number of methoxy groups -OCH3 is 2. The van der Waals surface area contributed by atoms with Gasteiger partial charge in [-0.1, -0.05) is 30.6 Å².